The van der Waals surface area contributed by atoms with Gasteiger partial charge in [0.25, 0.3) is 11.6 Å². The third-order valence-corrected chi connectivity index (χ3v) is 4.65. The second-order valence-electron chi connectivity index (χ2n) is 6.32. The maximum atomic E-state index is 13.1. The van der Waals surface area contributed by atoms with Gasteiger partial charge >= 0.3 is 0 Å². The zero-order chi connectivity index (χ0) is 20.3. The van der Waals surface area contributed by atoms with Crippen LogP contribution in [0.25, 0.3) is 0 Å². The first-order valence-corrected chi connectivity index (χ1v) is 8.45. The number of nitro groups is 1. The van der Waals surface area contributed by atoms with Gasteiger partial charge in [-0.05, 0) is 24.6 Å². The summed E-state index contributed by atoms with van der Waals surface area (Å²) >= 11 is 0. The van der Waals surface area contributed by atoms with Crippen molar-refractivity contribution in [2.75, 3.05) is 5.01 Å². The van der Waals surface area contributed by atoms with Crippen LogP contribution >= 0.6 is 0 Å². The highest BCUT2D eigenvalue weighted by Crippen LogP contribution is 2.39. The Morgan fingerprint density at radius 3 is 2.43 bits per heavy atom. The van der Waals surface area contributed by atoms with E-state index in [2.05, 4.69) is 5.10 Å². The van der Waals surface area contributed by atoms with E-state index in [-0.39, 0.29) is 11.6 Å². The van der Waals surface area contributed by atoms with Crippen molar-refractivity contribution < 1.29 is 9.72 Å². The van der Waals surface area contributed by atoms with Gasteiger partial charge in [-0.2, -0.15) is 15.6 Å². The quantitative estimate of drug-likeness (QED) is 0.587. The van der Waals surface area contributed by atoms with E-state index in [4.69, 9.17) is 0 Å². The van der Waals surface area contributed by atoms with Crippen LogP contribution in [0, 0.1) is 44.6 Å². The number of nitro benzene ring substituents is 1. The molecule has 2 atom stereocenters. The molecule has 0 fully saturated rings. The first-order chi connectivity index (χ1) is 13.5. The summed E-state index contributed by atoms with van der Waals surface area (Å²) in [6.45, 7) is 1.65. The smallest absolute Gasteiger partial charge is 0.269 e. The fourth-order valence-corrected chi connectivity index (χ4v) is 3.36. The molecule has 0 N–H and O–H groups in total. The van der Waals surface area contributed by atoms with E-state index in [1.54, 1.807) is 37.3 Å². The molecule has 0 saturated heterocycles. The van der Waals surface area contributed by atoms with Crippen LogP contribution in [0.2, 0.25) is 0 Å². The number of nitrogens with zero attached hydrogens (tertiary/aromatic N) is 5. The Morgan fingerprint density at radius 1 is 1.14 bits per heavy atom. The Hall–Kier alpha value is -4.04. The highest BCUT2D eigenvalue weighted by atomic mass is 16.6. The maximum Gasteiger partial charge on any atom is 0.269 e. The van der Waals surface area contributed by atoms with Crippen molar-refractivity contribution in [1.29, 1.82) is 10.5 Å². The Balaban J connectivity index is 2.07. The first kappa shape index (κ1) is 18.7. The van der Waals surface area contributed by atoms with Crippen molar-refractivity contribution in [3.63, 3.8) is 0 Å². The molecule has 138 valence electrons. The summed E-state index contributed by atoms with van der Waals surface area (Å²) in [7, 11) is 0. The highest BCUT2D eigenvalue weighted by Gasteiger charge is 2.44. The monoisotopic (exact) mass is 373 g/mol. The molecule has 1 amide bonds. The number of nitriles is 2. The lowest BCUT2D eigenvalue weighted by Gasteiger charge is -2.24. The molecule has 3 rings (SSSR count). The molecule has 0 unspecified atom stereocenters. The zero-order valence-electron chi connectivity index (χ0n) is 14.9. The second-order valence-corrected chi connectivity index (χ2v) is 6.32. The lowest BCUT2D eigenvalue weighted by atomic mass is 9.75. The van der Waals surface area contributed by atoms with E-state index in [1.165, 1.54) is 23.2 Å². The number of hydrazone groups is 1. The van der Waals surface area contributed by atoms with Crippen LogP contribution in [-0.4, -0.2) is 16.5 Å². The number of anilines is 1. The minimum Gasteiger partial charge on any atom is -0.272 e. The van der Waals surface area contributed by atoms with E-state index < -0.39 is 22.7 Å². The average molecular weight is 373 g/mol. The topological polar surface area (TPSA) is 123 Å². The Morgan fingerprint density at radius 2 is 1.82 bits per heavy atom. The van der Waals surface area contributed by atoms with E-state index in [9.17, 15) is 25.4 Å². The molecule has 28 heavy (non-hydrogen) atoms. The van der Waals surface area contributed by atoms with Crippen LogP contribution in [0.3, 0.4) is 0 Å². The van der Waals surface area contributed by atoms with Crippen LogP contribution in [0.15, 0.2) is 59.7 Å². The minimum atomic E-state index is -1.17. The molecular formula is C20H15N5O3. The molecule has 0 aromatic heterocycles. The van der Waals surface area contributed by atoms with Gasteiger partial charge < -0.3 is 0 Å². The molecule has 0 radical (unpaired) electrons. The van der Waals surface area contributed by atoms with Crippen molar-refractivity contribution in [2.24, 2.45) is 16.9 Å². The van der Waals surface area contributed by atoms with Crippen LogP contribution < -0.4 is 5.01 Å². The molecular weight excluding hydrogens is 358 g/mol. The SMILES string of the molecule is CC1=NN(c2ccccc2)C(=O)[C@H]1[C@H](c1cccc([N+](=O)[O-])c1)C(C#N)C#N. The fourth-order valence-electron chi connectivity index (χ4n) is 3.36. The zero-order valence-corrected chi connectivity index (χ0v) is 14.9. The molecule has 2 aromatic carbocycles. The van der Waals surface area contributed by atoms with Gasteiger partial charge in [0.15, 0.2) is 0 Å². The number of carbonyl (C=O) groups is 1. The van der Waals surface area contributed by atoms with Gasteiger partial charge in [0.05, 0.1) is 28.7 Å². The second kappa shape index (κ2) is 7.68. The number of non-ortho nitro benzene ring substituents is 1. The summed E-state index contributed by atoms with van der Waals surface area (Å²) < 4.78 is 0. The van der Waals surface area contributed by atoms with E-state index in [0.717, 1.165) is 0 Å². The Kier molecular flexibility index (Phi) is 5.14. The number of hydrogen-bond donors (Lipinski definition) is 0. The molecule has 0 aliphatic carbocycles. The molecule has 0 bridgehead atoms. The predicted octanol–water partition coefficient (Wildman–Crippen LogP) is 3.38. The number of hydrogen-bond acceptors (Lipinski definition) is 6. The van der Waals surface area contributed by atoms with Gasteiger partial charge in [-0.3, -0.25) is 14.9 Å². The molecule has 1 aliphatic rings. The van der Waals surface area contributed by atoms with Crippen LogP contribution in [0.5, 0.6) is 0 Å². The van der Waals surface area contributed by atoms with Crippen molar-refractivity contribution in [1.82, 2.24) is 0 Å². The molecule has 2 aromatic rings. The fraction of sp³-hybridized carbons (Fsp3) is 0.200. The van der Waals surface area contributed by atoms with Gasteiger partial charge in [-0.15, -0.1) is 0 Å². The number of para-hydroxylation sites is 1. The summed E-state index contributed by atoms with van der Waals surface area (Å²) in [6, 6.07) is 18.3. The lowest BCUT2D eigenvalue weighted by molar-refractivity contribution is -0.384. The van der Waals surface area contributed by atoms with Crippen molar-refractivity contribution in [3.05, 3.63) is 70.3 Å². The maximum absolute atomic E-state index is 13.1. The number of benzene rings is 2. The van der Waals surface area contributed by atoms with Gasteiger partial charge in [0, 0.05) is 23.8 Å². The van der Waals surface area contributed by atoms with E-state index >= 15 is 0 Å². The molecule has 8 heteroatoms. The third kappa shape index (κ3) is 3.31. The highest BCUT2D eigenvalue weighted by molar-refractivity contribution is 6.15. The molecule has 8 nitrogen and oxygen atoms in total. The molecule has 0 spiro atoms. The van der Waals surface area contributed by atoms with Crippen LogP contribution in [0.1, 0.15) is 18.4 Å². The Bertz CT molecular complexity index is 1020. The van der Waals surface area contributed by atoms with Gasteiger partial charge in [-0.1, -0.05) is 30.3 Å². The van der Waals surface area contributed by atoms with Crippen LogP contribution in [0.4, 0.5) is 11.4 Å². The summed E-state index contributed by atoms with van der Waals surface area (Å²) in [5, 5.41) is 35.7. The number of rotatable bonds is 5. The van der Waals surface area contributed by atoms with Crippen molar-refractivity contribution >= 4 is 23.0 Å². The molecule has 1 aliphatic heterocycles. The Labute approximate surface area is 161 Å². The summed E-state index contributed by atoms with van der Waals surface area (Å²) in [6.07, 6.45) is 0. The van der Waals surface area contributed by atoms with Crippen LogP contribution in [-0.2, 0) is 4.79 Å². The normalized spacial score (nSPS) is 17.0. The van der Waals surface area contributed by atoms with E-state index in [0.29, 0.717) is 17.0 Å². The van der Waals surface area contributed by atoms with E-state index in [1.807, 2.05) is 18.2 Å². The molecule has 0 saturated carbocycles. The van der Waals surface area contributed by atoms with Crippen molar-refractivity contribution in [2.45, 2.75) is 12.8 Å². The number of amides is 1. The molecule has 1 heterocycles. The number of carbonyl (C=O) groups excluding carboxylic acids is 1. The third-order valence-electron chi connectivity index (χ3n) is 4.65. The summed E-state index contributed by atoms with van der Waals surface area (Å²) in [5.74, 6) is -3.29. The predicted molar refractivity (Wildman–Crippen MR) is 101 cm³/mol. The summed E-state index contributed by atoms with van der Waals surface area (Å²) in [4.78, 5) is 23.7. The van der Waals surface area contributed by atoms with Crippen molar-refractivity contribution in [3.8, 4) is 12.1 Å². The standard InChI is InChI=1S/C20H15N5O3/c1-13-18(20(26)24(23-13)16-7-3-2-4-8-16)19(15(11-21)12-22)14-6-5-9-17(10-14)25(27)28/h2-10,15,18-19H,1H3/t18-,19-/m1/s1. The van der Waals surface area contributed by atoms with Gasteiger partial charge in [0.1, 0.15) is 5.92 Å². The van der Waals surface area contributed by atoms with Gasteiger partial charge in [-0.25, -0.2) is 5.01 Å². The van der Waals surface area contributed by atoms with Gasteiger partial charge in [0.2, 0.25) is 0 Å². The minimum absolute atomic E-state index is 0.169. The first-order valence-electron chi connectivity index (χ1n) is 8.45. The summed E-state index contributed by atoms with van der Waals surface area (Å²) in [5.41, 5.74) is 1.22. The largest absolute Gasteiger partial charge is 0.272 e. The lowest BCUT2D eigenvalue weighted by Crippen LogP contribution is -2.34. The average Bonchev–Trinajstić information content (AvgIpc) is 3.01.